The zero-order valence-electron chi connectivity index (χ0n) is 10.9. The minimum atomic E-state index is 0.166. The van der Waals surface area contributed by atoms with Crippen molar-refractivity contribution < 1.29 is 4.79 Å². The number of carbonyl (C=O) groups excluding carboxylic acids is 1. The molecule has 2 rings (SSSR count). The molecular weight excluding hydrogens is 248 g/mol. The Morgan fingerprint density at radius 2 is 2.28 bits per heavy atom. The fourth-order valence-corrected chi connectivity index (χ4v) is 2.25. The van der Waals surface area contributed by atoms with E-state index in [0.717, 1.165) is 36.8 Å². The molecule has 1 heterocycles. The van der Waals surface area contributed by atoms with Gasteiger partial charge in [0.25, 0.3) is 0 Å². The van der Waals surface area contributed by atoms with Crippen LogP contribution in [0.1, 0.15) is 51.3 Å². The van der Waals surface area contributed by atoms with Gasteiger partial charge in [0.2, 0.25) is 11.0 Å². The highest BCUT2D eigenvalue weighted by Gasteiger charge is 2.22. The summed E-state index contributed by atoms with van der Waals surface area (Å²) >= 11 is 1.38. The second kappa shape index (κ2) is 6.13. The van der Waals surface area contributed by atoms with Crippen LogP contribution in [0.4, 0.5) is 5.13 Å². The van der Waals surface area contributed by atoms with Crippen LogP contribution in [0.3, 0.4) is 0 Å². The molecule has 5 nitrogen and oxygen atoms in total. The fraction of sp³-hybridized carbons (Fsp3) is 0.750. The molecule has 1 aromatic rings. The SMILES string of the molecule is CC(C)c1nsc(NCCCC(=O)NC2CC2)n1. The van der Waals surface area contributed by atoms with Crippen LogP contribution < -0.4 is 10.6 Å². The van der Waals surface area contributed by atoms with Gasteiger partial charge in [0.1, 0.15) is 5.82 Å². The molecule has 1 aliphatic carbocycles. The first-order chi connectivity index (χ1) is 8.65. The van der Waals surface area contributed by atoms with Crippen LogP contribution in [-0.4, -0.2) is 27.9 Å². The van der Waals surface area contributed by atoms with E-state index in [1.54, 1.807) is 0 Å². The van der Waals surface area contributed by atoms with Crippen molar-refractivity contribution in [1.29, 1.82) is 0 Å². The van der Waals surface area contributed by atoms with Crippen LogP contribution in [0.5, 0.6) is 0 Å². The van der Waals surface area contributed by atoms with Gasteiger partial charge in [-0.2, -0.15) is 4.37 Å². The molecule has 0 radical (unpaired) electrons. The Labute approximate surface area is 112 Å². The van der Waals surface area contributed by atoms with Gasteiger partial charge < -0.3 is 10.6 Å². The smallest absolute Gasteiger partial charge is 0.220 e. The van der Waals surface area contributed by atoms with Gasteiger partial charge in [-0.3, -0.25) is 4.79 Å². The van der Waals surface area contributed by atoms with Crippen molar-refractivity contribution >= 4 is 22.6 Å². The van der Waals surface area contributed by atoms with Crippen molar-refractivity contribution in [2.24, 2.45) is 0 Å². The summed E-state index contributed by atoms with van der Waals surface area (Å²) in [5, 5.41) is 7.04. The lowest BCUT2D eigenvalue weighted by atomic mass is 10.2. The van der Waals surface area contributed by atoms with Gasteiger partial charge in [0.05, 0.1) is 0 Å². The van der Waals surface area contributed by atoms with Crippen molar-refractivity contribution in [3.63, 3.8) is 0 Å². The maximum Gasteiger partial charge on any atom is 0.220 e. The first kappa shape index (κ1) is 13.3. The minimum absolute atomic E-state index is 0.166. The molecule has 18 heavy (non-hydrogen) atoms. The molecule has 1 fully saturated rings. The number of rotatable bonds is 7. The van der Waals surface area contributed by atoms with Gasteiger partial charge in [0.15, 0.2) is 0 Å². The Balaban J connectivity index is 1.60. The molecule has 1 amide bonds. The second-order valence-electron chi connectivity index (χ2n) is 4.98. The minimum Gasteiger partial charge on any atom is -0.360 e. The van der Waals surface area contributed by atoms with Gasteiger partial charge in [0, 0.05) is 36.5 Å². The van der Waals surface area contributed by atoms with Gasteiger partial charge in [-0.25, -0.2) is 4.98 Å². The molecule has 1 saturated carbocycles. The van der Waals surface area contributed by atoms with Crippen LogP contribution in [0.25, 0.3) is 0 Å². The van der Waals surface area contributed by atoms with E-state index in [1.165, 1.54) is 11.5 Å². The van der Waals surface area contributed by atoms with Crippen LogP contribution in [0.2, 0.25) is 0 Å². The Morgan fingerprint density at radius 3 is 2.89 bits per heavy atom. The predicted molar refractivity (Wildman–Crippen MR) is 72.9 cm³/mol. The molecule has 1 aliphatic rings. The van der Waals surface area contributed by atoms with E-state index in [1.807, 2.05) is 0 Å². The summed E-state index contributed by atoms with van der Waals surface area (Å²) in [5.74, 6) is 1.41. The number of hydrogen-bond donors (Lipinski definition) is 2. The number of nitrogens with one attached hydrogen (secondary N) is 2. The van der Waals surface area contributed by atoms with Crippen LogP contribution in [-0.2, 0) is 4.79 Å². The van der Waals surface area contributed by atoms with Crippen LogP contribution in [0, 0.1) is 0 Å². The zero-order valence-corrected chi connectivity index (χ0v) is 11.7. The van der Waals surface area contributed by atoms with E-state index >= 15 is 0 Å². The van der Waals surface area contributed by atoms with Gasteiger partial charge in [-0.15, -0.1) is 0 Å². The highest BCUT2D eigenvalue weighted by molar-refractivity contribution is 7.09. The number of aromatic nitrogens is 2. The number of amides is 1. The summed E-state index contributed by atoms with van der Waals surface area (Å²) < 4.78 is 4.27. The van der Waals surface area contributed by atoms with Gasteiger partial charge >= 0.3 is 0 Å². The molecule has 0 aromatic carbocycles. The van der Waals surface area contributed by atoms with Crippen LogP contribution >= 0.6 is 11.5 Å². The number of carbonyl (C=O) groups is 1. The molecule has 6 heteroatoms. The molecule has 1 aromatic heterocycles. The molecule has 0 aliphatic heterocycles. The van der Waals surface area contributed by atoms with Crippen molar-refractivity contribution in [3.05, 3.63) is 5.82 Å². The van der Waals surface area contributed by atoms with E-state index < -0.39 is 0 Å². The van der Waals surface area contributed by atoms with Crippen molar-refractivity contribution in [2.45, 2.75) is 51.5 Å². The lowest BCUT2D eigenvalue weighted by molar-refractivity contribution is -0.121. The highest BCUT2D eigenvalue weighted by Crippen LogP contribution is 2.19. The Hall–Kier alpha value is -1.17. The summed E-state index contributed by atoms with van der Waals surface area (Å²) in [4.78, 5) is 15.8. The number of anilines is 1. The third-order valence-corrected chi connectivity index (χ3v) is 3.44. The Kier molecular flexibility index (Phi) is 4.52. The third-order valence-electron chi connectivity index (χ3n) is 2.76. The first-order valence-electron chi connectivity index (χ1n) is 6.52. The van der Waals surface area contributed by atoms with Crippen molar-refractivity contribution in [3.8, 4) is 0 Å². The van der Waals surface area contributed by atoms with E-state index in [9.17, 15) is 4.79 Å². The van der Waals surface area contributed by atoms with E-state index in [4.69, 9.17) is 0 Å². The summed E-state index contributed by atoms with van der Waals surface area (Å²) in [6.07, 6.45) is 3.70. The first-order valence-corrected chi connectivity index (χ1v) is 7.29. The Morgan fingerprint density at radius 1 is 1.50 bits per heavy atom. The number of hydrogen-bond acceptors (Lipinski definition) is 5. The summed E-state index contributed by atoms with van der Waals surface area (Å²) in [6, 6.07) is 0.460. The normalized spacial score (nSPS) is 14.8. The van der Waals surface area contributed by atoms with Gasteiger partial charge in [-0.05, 0) is 19.3 Å². The standard InChI is InChI=1S/C12H20N4OS/c1-8(2)11-15-12(18-16-11)13-7-3-4-10(17)14-9-5-6-9/h8-9H,3-7H2,1-2H3,(H,14,17)(H,13,15,16). The Bertz CT molecular complexity index is 401. The largest absolute Gasteiger partial charge is 0.360 e. The average Bonchev–Trinajstić information content (AvgIpc) is 2.99. The lowest BCUT2D eigenvalue weighted by Crippen LogP contribution is -2.25. The molecule has 2 N–H and O–H groups in total. The molecule has 0 bridgehead atoms. The maximum atomic E-state index is 11.4. The molecule has 0 unspecified atom stereocenters. The lowest BCUT2D eigenvalue weighted by Gasteiger charge is -2.03. The third kappa shape index (κ3) is 4.25. The molecule has 0 atom stereocenters. The monoisotopic (exact) mass is 268 g/mol. The van der Waals surface area contributed by atoms with Crippen molar-refractivity contribution in [1.82, 2.24) is 14.7 Å². The van der Waals surface area contributed by atoms with E-state index in [2.05, 4.69) is 33.8 Å². The van der Waals surface area contributed by atoms with Gasteiger partial charge in [-0.1, -0.05) is 13.8 Å². The predicted octanol–water partition coefficient (Wildman–Crippen LogP) is 2.13. The van der Waals surface area contributed by atoms with Crippen LogP contribution in [0.15, 0.2) is 0 Å². The molecule has 0 spiro atoms. The van der Waals surface area contributed by atoms with E-state index in [-0.39, 0.29) is 5.91 Å². The zero-order chi connectivity index (χ0) is 13.0. The summed E-state index contributed by atoms with van der Waals surface area (Å²) in [5.41, 5.74) is 0. The maximum absolute atomic E-state index is 11.4. The topological polar surface area (TPSA) is 66.9 Å². The van der Waals surface area contributed by atoms with E-state index in [0.29, 0.717) is 18.4 Å². The molecular formula is C12H20N4OS. The quantitative estimate of drug-likeness (QED) is 0.743. The fourth-order valence-electron chi connectivity index (χ4n) is 1.51. The van der Waals surface area contributed by atoms with Crippen molar-refractivity contribution in [2.75, 3.05) is 11.9 Å². The highest BCUT2D eigenvalue weighted by atomic mass is 32.1. The summed E-state index contributed by atoms with van der Waals surface area (Å²) in [7, 11) is 0. The average molecular weight is 268 g/mol. The second-order valence-corrected chi connectivity index (χ2v) is 5.74. The molecule has 0 saturated heterocycles. The number of nitrogens with zero attached hydrogens (tertiary/aromatic N) is 2. The molecule has 100 valence electrons. The summed E-state index contributed by atoms with van der Waals surface area (Å²) in [6.45, 7) is 4.92.